The van der Waals surface area contributed by atoms with Crippen molar-refractivity contribution in [3.63, 3.8) is 0 Å². The van der Waals surface area contributed by atoms with Gasteiger partial charge in [-0.3, -0.25) is 9.78 Å². The van der Waals surface area contributed by atoms with Crippen molar-refractivity contribution in [3.05, 3.63) is 76.2 Å². The van der Waals surface area contributed by atoms with Gasteiger partial charge < -0.3 is 16.4 Å². The Hall–Kier alpha value is -4.81. The average molecular weight is 565 g/mol. The number of rotatable bonds is 8. The van der Waals surface area contributed by atoms with E-state index in [1.807, 2.05) is 26.8 Å². The Morgan fingerprint density at radius 1 is 1.25 bits per heavy atom. The number of alkyl halides is 2. The quantitative estimate of drug-likeness (QED) is 0.272. The molecule has 0 spiro atoms. The predicted octanol–water partition coefficient (Wildman–Crippen LogP) is 4.92. The average Bonchev–Trinajstić information content (AvgIpc) is 3.43. The first-order valence-corrected chi connectivity index (χ1v) is 12.2. The Bertz CT molecular complexity index is 1740. The van der Waals surface area contributed by atoms with E-state index in [9.17, 15) is 25.5 Å². The molecule has 0 saturated heterocycles. The number of aromatic nitrogens is 4. The maximum atomic E-state index is 14.3. The molecule has 2 aromatic heterocycles. The summed E-state index contributed by atoms with van der Waals surface area (Å²) in [5.41, 5.74) is 6.09. The van der Waals surface area contributed by atoms with Gasteiger partial charge in [-0.25, -0.2) is 0 Å². The van der Waals surface area contributed by atoms with Crippen LogP contribution in [0.15, 0.2) is 48.8 Å². The minimum atomic E-state index is -4.21. The van der Waals surface area contributed by atoms with Crippen LogP contribution in [0.3, 0.4) is 0 Å². The van der Waals surface area contributed by atoms with Crippen LogP contribution in [0.4, 0.5) is 20.2 Å². The molecule has 2 heterocycles. The van der Waals surface area contributed by atoms with Gasteiger partial charge in [0, 0.05) is 23.8 Å². The summed E-state index contributed by atoms with van der Waals surface area (Å²) in [7, 11) is 0. The highest BCUT2D eigenvalue weighted by molar-refractivity contribution is 6.35. The van der Waals surface area contributed by atoms with Gasteiger partial charge in [0.2, 0.25) is 0 Å². The lowest BCUT2D eigenvalue weighted by molar-refractivity contribution is -0.159. The largest absolute Gasteiger partial charge is 0.423 e. The number of hydrogen-bond donors (Lipinski definition) is 3. The Morgan fingerprint density at radius 3 is 2.65 bits per heavy atom. The van der Waals surface area contributed by atoms with Crippen molar-refractivity contribution in [1.29, 1.82) is 10.5 Å². The highest BCUT2D eigenvalue weighted by Crippen LogP contribution is 2.36. The van der Waals surface area contributed by atoms with Crippen molar-refractivity contribution in [2.75, 3.05) is 17.2 Å². The molecule has 13 heteroatoms. The molecule has 1 atom stereocenters. The molecule has 0 radical (unpaired) electrons. The van der Waals surface area contributed by atoms with Crippen LogP contribution in [0.5, 0.6) is 0 Å². The van der Waals surface area contributed by atoms with E-state index in [2.05, 4.69) is 32.0 Å². The standard InChI is InChI=1S/C27H24ClF2N9O/c1-26(2,3)14-35-22-17(11-32)12-34-24-19(22)8-18(9-20(24)28)36-23(16-6-4-5-15(7-16)10-31)21-13-39(38-37-21)27(29,30)25(33)40/h4-9,12-13,23,36H,14H2,1-3H3,(H2,33,40)(H,34,35)/t23-/m0/s1/i23D. The fraction of sp³-hybridized carbons (Fsp3) is 0.259. The number of amides is 1. The normalized spacial score (nSPS) is 13.6. The van der Waals surface area contributed by atoms with E-state index >= 15 is 0 Å². The number of anilines is 2. The minimum Gasteiger partial charge on any atom is -0.383 e. The van der Waals surface area contributed by atoms with Gasteiger partial charge in [-0.05, 0) is 35.2 Å². The molecule has 0 fully saturated rings. The number of carbonyl (C=O) groups is 1. The maximum absolute atomic E-state index is 14.3. The van der Waals surface area contributed by atoms with Crippen molar-refractivity contribution in [2.24, 2.45) is 11.1 Å². The Labute approximate surface area is 234 Å². The van der Waals surface area contributed by atoms with Gasteiger partial charge in [-0.15, -0.1) is 5.10 Å². The summed E-state index contributed by atoms with van der Waals surface area (Å²) in [5, 5.41) is 33.2. The first kappa shape index (κ1) is 26.8. The molecule has 10 nitrogen and oxygen atoms in total. The lowest BCUT2D eigenvalue weighted by Gasteiger charge is -2.22. The number of hydrogen-bond acceptors (Lipinski definition) is 8. The van der Waals surface area contributed by atoms with Gasteiger partial charge in [-0.1, -0.05) is 49.7 Å². The number of primary amides is 1. The minimum absolute atomic E-state index is 0.0329. The third-order valence-corrected chi connectivity index (χ3v) is 6.01. The highest BCUT2D eigenvalue weighted by Gasteiger charge is 2.41. The molecular weight excluding hydrogens is 540 g/mol. The van der Waals surface area contributed by atoms with E-state index in [0.717, 1.165) is 6.20 Å². The summed E-state index contributed by atoms with van der Waals surface area (Å²) >= 11 is 6.59. The van der Waals surface area contributed by atoms with Crippen LogP contribution in [0.25, 0.3) is 10.9 Å². The number of nitrogens with two attached hydrogens (primary N) is 1. The highest BCUT2D eigenvalue weighted by atomic mass is 35.5. The monoisotopic (exact) mass is 564 g/mol. The van der Waals surface area contributed by atoms with E-state index in [1.54, 1.807) is 6.07 Å². The van der Waals surface area contributed by atoms with Crippen LogP contribution in [-0.2, 0) is 10.8 Å². The van der Waals surface area contributed by atoms with Crippen molar-refractivity contribution < 1.29 is 14.9 Å². The van der Waals surface area contributed by atoms with Gasteiger partial charge in [0.15, 0.2) is 0 Å². The summed E-state index contributed by atoms with van der Waals surface area (Å²) < 4.78 is 38.0. The number of fused-ring (bicyclic) bond motifs is 1. The molecule has 0 bridgehead atoms. The summed E-state index contributed by atoms with van der Waals surface area (Å²) in [6.07, 6.45) is 2.13. The molecule has 4 aromatic rings. The van der Waals surface area contributed by atoms with Crippen LogP contribution in [0.2, 0.25) is 5.02 Å². The zero-order valence-corrected chi connectivity index (χ0v) is 22.4. The second-order valence-corrected chi connectivity index (χ2v) is 10.5. The molecule has 4 rings (SSSR count). The number of pyridine rings is 1. The number of halogens is 3. The second kappa shape index (κ2) is 10.8. The topological polar surface area (TPSA) is 158 Å². The molecule has 0 aliphatic carbocycles. The number of carbonyl (C=O) groups excluding carboxylic acids is 1. The van der Waals surface area contributed by atoms with Gasteiger partial charge >= 0.3 is 12.0 Å². The molecule has 0 aliphatic heterocycles. The molecule has 2 aromatic carbocycles. The van der Waals surface area contributed by atoms with Crippen LogP contribution < -0.4 is 16.4 Å². The van der Waals surface area contributed by atoms with Crippen molar-refractivity contribution in [3.8, 4) is 12.1 Å². The van der Waals surface area contributed by atoms with E-state index in [0.29, 0.717) is 23.1 Å². The van der Waals surface area contributed by atoms with E-state index in [-0.39, 0.29) is 43.2 Å². The van der Waals surface area contributed by atoms with Crippen LogP contribution >= 0.6 is 11.6 Å². The van der Waals surface area contributed by atoms with Crippen molar-refractivity contribution in [2.45, 2.75) is 32.8 Å². The molecule has 4 N–H and O–H groups in total. The lowest BCUT2D eigenvalue weighted by atomic mass is 9.96. The van der Waals surface area contributed by atoms with Gasteiger partial charge in [0.05, 0.1) is 47.0 Å². The van der Waals surface area contributed by atoms with E-state index in [4.69, 9.17) is 17.3 Å². The third kappa shape index (κ3) is 5.77. The fourth-order valence-electron chi connectivity index (χ4n) is 3.76. The first-order valence-electron chi connectivity index (χ1n) is 12.4. The van der Waals surface area contributed by atoms with Crippen LogP contribution in [-0.4, -0.2) is 32.4 Å². The van der Waals surface area contributed by atoms with Crippen molar-refractivity contribution in [1.82, 2.24) is 20.0 Å². The molecule has 0 saturated carbocycles. The number of benzene rings is 2. The smallest absolute Gasteiger partial charge is 0.383 e. The van der Waals surface area contributed by atoms with Crippen LogP contribution in [0, 0.1) is 28.1 Å². The third-order valence-electron chi connectivity index (χ3n) is 5.72. The Kier molecular flexibility index (Phi) is 7.20. The summed E-state index contributed by atoms with van der Waals surface area (Å²) in [6.45, 7) is 6.58. The van der Waals surface area contributed by atoms with Gasteiger partial charge in [-0.2, -0.15) is 24.0 Å². The molecule has 1 amide bonds. The summed E-state index contributed by atoms with van der Waals surface area (Å²) in [4.78, 5) is 15.6. The predicted molar refractivity (Wildman–Crippen MR) is 145 cm³/mol. The molecule has 40 heavy (non-hydrogen) atoms. The fourth-order valence-corrected chi connectivity index (χ4v) is 4.03. The maximum Gasteiger partial charge on any atom is 0.423 e. The zero-order valence-electron chi connectivity index (χ0n) is 22.6. The van der Waals surface area contributed by atoms with Gasteiger partial charge in [0.25, 0.3) is 0 Å². The Balaban J connectivity index is 1.90. The molecular formula is C27H24ClF2N9O. The van der Waals surface area contributed by atoms with Crippen molar-refractivity contribution >= 4 is 39.8 Å². The number of nitriles is 2. The van der Waals surface area contributed by atoms with Crippen LogP contribution in [0.1, 0.15) is 50.5 Å². The lowest BCUT2D eigenvalue weighted by Crippen LogP contribution is -2.39. The number of nitrogens with one attached hydrogen (secondary N) is 2. The van der Waals surface area contributed by atoms with E-state index in [1.165, 1.54) is 36.5 Å². The molecule has 0 unspecified atom stereocenters. The number of nitrogens with zero attached hydrogens (tertiary/aromatic N) is 6. The zero-order chi connectivity index (χ0) is 30.2. The first-order chi connectivity index (χ1) is 19.2. The van der Waals surface area contributed by atoms with E-state index < -0.39 is 18.0 Å². The second-order valence-electron chi connectivity index (χ2n) is 10.1. The Morgan fingerprint density at radius 2 is 2.00 bits per heavy atom. The summed E-state index contributed by atoms with van der Waals surface area (Å²) in [5.74, 6) is -1.96. The van der Waals surface area contributed by atoms with Gasteiger partial charge in [0.1, 0.15) is 11.8 Å². The molecule has 0 aliphatic rings. The SMILES string of the molecule is [2H][C@](Nc1cc(Cl)c2ncc(C#N)c(NCC(C)(C)C)c2c1)(c1cccc(C#N)c1)c1cn(C(F)(F)C(N)=O)nn1. The summed E-state index contributed by atoms with van der Waals surface area (Å²) in [6, 6.07) is 6.78. The molecule has 204 valence electrons.